The van der Waals surface area contributed by atoms with Gasteiger partial charge in [-0.2, -0.15) is 0 Å². The molecule has 0 atom stereocenters. The van der Waals surface area contributed by atoms with Crippen LogP contribution in [0.4, 0.5) is 5.69 Å². The van der Waals surface area contributed by atoms with Gasteiger partial charge >= 0.3 is 5.97 Å². The van der Waals surface area contributed by atoms with Crippen molar-refractivity contribution in [2.24, 2.45) is 0 Å². The summed E-state index contributed by atoms with van der Waals surface area (Å²) in [4.78, 5) is 23.0. The van der Waals surface area contributed by atoms with E-state index >= 15 is 0 Å². The summed E-state index contributed by atoms with van der Waals surface area (Å²) in [5.41, 5.74) is 0.423. The fourth-order valence-corrected chi connectivity index (χ4v) is 1.86. The topological polar surface area (TPSA) is 95.9 Å². The van der Waals surface area contributed by atoms with E-state index in [0.29, 0.717) is 17.9 Å². The second kappa shape index (κ2) is 6.62. The standard InChI is InChI=1S/C16H15NO5/c1-2-22-12-6-3-10(4-7-12)15(19)17-11-5-8-14(18)13(9-11)16(20)21/h3-9,18H,2H2,1H3,(H,17,19)(H,20,21). The van der Waals surface area contributed by atoms with Crippen LogP contribution < -0.4 is 10.1 Å². The number of nitrogens with one attached hydrogen (secondary N) is 1. The predicted molar refractivity (Wildman–Crippen MR) is 80.6 cm³/mol. The lowest BCUT2D eigenvalue weighted by atomic mass is 10.1. The lowest BCUT2D eigenvalue weighted by Gasteiger charge is -2.08. The Hall–Kier alpha value is -3.02. The largest absolute Gasteiger partial charge is 0.507 e. The Labute approximate surface area is 127 Å². The molecule has 2 aromatic carbocycles. The van der Waals surface area contributed by atoms with Crippen molar-refractivity contribution < 1.29 is 24.5 Å². The summed E-state index contributed by atoms with van der Waals surface area (Å²) < 4.78 is 5.29. The number of aromatic carboxylic acids is 1. The molecule has 6 nitrogen and oxygen atoms in total. The fourth-order valence-electron chi connectivity index (χ4n) is 1.86. The molecule has 0 aliphatic carbocycles. The maximum atomic E-state index is 12.1. The summed E-state index contributed by atoms with van der Waals surface area (Å²) in [5.74, 6) is -1.34. The Bertz CT molecular complexity index is 694. The molecular formula is C16H15NO5. The first-order valence-corrected chi connectivity index (χ1v) is 6.61. The quantitative estimate of drug-likeness (QED) is 0.738. The third kappa shape index (κ3) is 3.54. The molecule has 0 heterocycles. The van der Waals surface area contributed by atoms with Crippen LogP contribution in [-0.4, -0.2) is 28.7 Å². The van der Waals surface area contributed by atoms with Gasteiger partial charge in [0.15, 0.2) is 0 Å². The number of carboxylic acids is 1. The first-order valence-electron chi connectivity index (χ1n) is 6.61. The molecular weight excluding hydrogens is 286 g/mol. The van der Waals surface area contributed by atoms with Crippen LogP contribution in [0.5, 0.6) is 11.5 Å². The highest BCUT2D eigenvalue weighted by atomic mass is 16.5. The van der Waals surface area contributed by atoms with E-state index in [-0.39, 0.29) is 22.9 Å². The SMILES string of the molecule is CCOc1ccc(C(=O)Nc2ccc(O)c(C(=O)O)c2)cc1. The van der Waals surface area contributed by atoms with Gasteiger partial charge in [-0.1, -0.05) is 0 Å². The highest BCUT2D eigenvalue weighted by molar-refractivity contribution is 6.05. The van der Waals surface area contributed by atoms with Gasteiger partial charge in [0.1, 0.15) is 17.1 Å². The first kappa shape index (κ1) is 15.4. The van der Waals surface area contributed by atoms with Crippen molar-refractivity contribution in [1.82, 2.24) is 0 Å². The molecule has 2 rings (SSSR count). The maximum absolute atomic E-state index is 12.1. The third-order valence-corrected chi connectivity index (χ3v) is 2.91. The molecule has 0 saturated carbocycles. The number of hydrogen-bond donors (Lipinski definition) is 3. The molecule has 0 bridgehead atoms. The number of phenols is 1. The molecule has 0 unspecified atom stereocenters. The summed E-state index contributed by atoms with van der Waals surface area (Å²) in [6.07, 6.45) is 0. The molecule has 0 fully saturated rings. The highest BCUT2D eigenvalue weighted by Gasteiger charge is 2.12. The van der Waals surface area contributed by atoms with E-state index in [1.165, 1.54) is 18.2 Å². The molecule has 22 heavy (non-hydrogen) atoms. The molecule has 114 valence electrons. The average molecular weight is 301 g/mol. The van der Waals surface area contributed by atoms with Crippen LogP contribution >= 0.6 is 0 Å². The molecule has 0 radical (unpaired) electrons. The van der Waals surface area contributed by atoms with Gasteiger partial charge in [-0.15, -0.1) is 0 Å². The van der Waals surface area contributed by atoms with Crippen molar-refractivity contribution >= 4 is 17.6 Å². The zero-order chi connectivity index (χ0) is 16.1. The van der Waals surface area contributed by atoms with E-state index in [0.717, 1.165) is 0 Å². The minimum Gasteiger partial charge on any atom is -0.507 e. The monoisotopic (exact) mass is 301 g/mol. The molecule has 2 aromatic rings. The fraction of sp³-hybridized carbons (Fsp3) is 0.125. The number of ether oxygens (including phenoxy) is 1. The van der Waals surface area contributed by atoms with Crippen LogP contribution in [0.25, 0.3) is 0 Å². The summed E-state index contributed by atoms with van der Waals surface area (Å²) in [6.45, 7) is 2.41. The van der Waals surface area contributed by atoms with Gasteiger partial charge in [0, 0.05) is 11.3 Å². The van der Waals surface area contributed by atoms with Crippen molar-refractivity contribution in [3.05, 3.63) is 53.6 Å². The lowest BCUT2D eigenvalue weighted by molar-refractivity contribution is 0.0693. The molecule has 0 aliphatic heterocycles. The molecule has 6 heteroatoms. The van der Waals surface area contributed by atoms with Crippen LogP contribution in [-0.2, 0) is 0 Å². The van der Waals surface area contributed by atoms with E-state index < -0.39 is 5.97 Å². The summed E-state index contributed by atoms with van der Waals surface area (Å²) in [6, 6.07) is 10.4. The normalized spacial score (nSPS) is 10.0. The van der Waals surface area contributed by atoms with E-state index in [2.05, 4.69) is 5.32 Å². The minimum atomic E-state index is -1.27. The van der Waals surface area contributed by atoms with Crippen LogP contribution in [0.1, 0.15) is 27.6 Å². The van der Waals surface area contributed by atoms with Gasteiger partial charge in [0.05, 0.1) is 6.61 Å². The molecule has 0 saturated heterocycles. The molecule has 0 spiro atoms. The number of rotatable bonds is 5. The Morgan fingerprint density at radius 1 is 1.14 bits per heavy atom. The van der Waals surface area contributed by atoms with Crippen molar-refractivity contribution in [2.45, 2.75) is 6.92 Å². The van der Waals surface area contributed by atoms with E-state index in [4.69, 9.17) is 9.84 Å². The molecule has 0 aromatic heterocycles. The van der Waals surface area contributed by atoms with Crippen molar-refractivity contribution in [1.29, 1.82) is 0 Å². The van der Waals surface area contributed by atoms with Crippen molar-refractivity contribution in [3.8, 4) is 11.5 Å². The third-order valence-electron chi connectivity index (χ3n) is 2.91. The van der Waals surface area contributed by atoms with Gasteiger partial charge in [-0.3, -0.25) is 4.79 Å². The Balaban J connectivity index is 2.14. The molecule has 0 aliphatic rings. The average Bonchev–Trinajstić information content (AvgIpc) is 2.50. The van der Waals surface area contributed by atoms with Crippen LogP contribution in [0.3, 0.4) is 0 Å². The number of carbonyl (C=O) groups is 2. The zero-order valence-electron chi connectivity index (χ0n) is 11.9. The van der Waals surface area contributed by atoms with Crippen molar-refractivity contribution in [3.63, 3.8) is 0 Å². The number of hydrogen-bond acceptors (Lipinski definition) is 4. The highest BCUT2D eigenvalue weighted by Crippen LogP contribution is 2.22. The Morgan fingerprint density at radius 2 is 1.82 bits per heavy atom. The van der Waals surface area contributed by atoms with E-state index in [1.54, 1.807) is 24.3 Å². The number of aromatic hydroxyl groups is 1. The van der Waals surface area contributed by atoms with Gasteiger partial charge in [0.25, 0.3) is 5.91 Å². The van der Waals surface area contributed by atoms with E-state index in [1.807, 2.05) is 6.92 Å². The van der Waals surface area contributed by atoms with Gasteiger partial charge in [-0.05, 0) is 49.4 Å². The zero-order valence-corrected chi connectivity index (χ0v) is 11.9. The Morgan fingerprint density at radius 3 is 2.41 bits per heavy atom. The molecule has 1 amide bonds. The predicted octanol–water partition coefficient (Wildman–Crippen LogP) is 2.74. The summed E-state index contributed by atoms with van der Waals surface area (Å²) in [5, 5.41) is 20.9. The number of amides is 1. The number of anilines is 1. The maximum Gasteiger partial charge on any atom is 0.339 e. The van der Waals surface area contributed by atoms with Crippen LogP contribution in [0, 0.1) is 0 Å². The molecule has 3 N–H and O–H groups in total. The lowest BCUT2D eigenvalue weighted by Crippen LogP contribution is -2.12. The van der Waals surface area contributed by atoms with Gasteiger partial charge < -0.3 is 20.3 Å². The number of carbonyl (C=O) groups excluding carboxylic acids is 1. The summed E-state index contributed by atoms with van der Waals surface area (Å²) >= 11 is 0. The summed E-state index contributed by atoms with van der Waals surface area (Å²) in [7, 11) is 0. The van der Waals surface area contributed by atoms with Crippen LogP contribution in [0.2, 0.25) is 0 Å². The minimum absolute atomic E-state index is 0.274. The Kier molecular flexibility index (Phi) is 4.63. The number of carboxylic acid groups (broad SMARTS) is 1. The second-order valence-electron chi connectivity index (χ2n) is 4.45. The van der Waals surface area contributed by atoms with E-state index in [9.17, 15) is 14.7 Å². The number of benzene rings is 2. The smallest absolute Gasteiger partial charge is 0.339 e. The second-order valence-corrected chi connectivity index (χ2v) is 4.45. The van der Waals surface area contributed by atoms with Gasteiger partial charge in [-0.25, -0.2) is 4.79 Å². The first-order chi connectivity index (χ1) is 10.5. The van der Waals surface area contributed by atoms with Crippen LogP contribution in [0.15, 0.2) is 42.5 Å². The van der Waals surface area contributed by atoms with Gasteiger partial charge in [0.2, 0.25) is 0 Å². The van der Waals surface area contributed by atoms with Crippen molar-refractivity contribution in [2.75, 3.05) is 11.9 Å².